The van der Waals surface area contributed by atoms with Crippen LogP contribution < -0.4 is 15.0 Å². The van der Waals surface area contributed by atoms with Crippen LogP contribution in [0.5, 0.6) is 5.75 Å². The van der Waals surface area contributed by atoms with E-state index < -0.39 is 0 Å². The fourth-order valence-corrected chi connectivity index (χ4v) is 2.93. The summed E-state index contributed by atoms with van der Waals surface area (Å²) in [5.41, 5.74) is 1.77. The number of hydrogen-bond donors (Lipinski definition) is 1. The molecule has 1 fully saturated rings. The average Bonchev–Trinajstić information content (AvgIpc) is 3.02. The summed E-state index contributed by atoms with van der Waals surface area (Å²) in [6.07, 6.45) is 3.56. The molecule has 0 saturated carbocycles. The Kier molecular flexibility index (Phi) is 5.69. The number of hydrogen-bond acceptors (Lipinski definition) is 3. The minimum atomic E-state index is -0.194. The Bertz CT molecular complexity index is 785. The van der Waals surface area contributed by atoms with Crippen LogP contribution in [0.2, 0.25) is 0 Å². The van der Waals surface area contributed by atoms with Crippen LogP contribution in [-0.4, -0.2) is 31.0 Å². The van der Waals surface area contributed by atoms with Gasteiger partial charge in [0.2, 0.25) is 11.8 Å². The zero-order valence-corrected chi connectivity index (χ0v) is 14.7. The lowest BCUT2D eigenvalue weighted by molar-refractivity contribution is -0.117. The third kappa shape index (κ3) is 4.51. The molecular formula is C21H22N2O3. The minimum absolute atomic E-state index is 0.00602. The highest BCUT2D eigenvalue weighted by atomic mass is 16.5. The Morgan fingerprint density at radius 2 is 1.92 bits per heavy atom. The van der Waals surface area contributed by atoms with Crippen LogP contribution in [0.25, 0.3) is 6.08 Å². The van der Waals surface area contributed by atoms with Crippen molar-refractivity contribution in [3.63, 3.8) is 0 Å². The van der Waals surface area contributed by atoms with Crippen LogP contribution in [0.3, 0.4) is 0 Å². The molecule has 0 aliphatic carbocycles. The molecule has 1 heterocycles. The molecule has 1 unspecified atom stereocenters. The van der Waals surface area contributed by atoms with Crippen LogP contribution in [0.4, 0.5) is 5.69 Å². The van der Waals surface area contributed by atoms with Crippen LogP contribution >= 0.6 is 0 Å². The first-order valence-electron chi connectivity index (χ1n) is 8.72. The zero-order chi connectivity index (χ0) is 18.4. The van der Waals surface area contributed by atoms with Gasteiger partial charge in [0.1, 0.15) is 5.75 Å². The van der Waals surface area contributed by atoms with Gasteiger partial charge in [0.05, 0.1) is 12.6 Å². The van der Waals surface area contributed by atoms with Gasteiger partial charge in [0, 0.05) is 24.7 Å². The molecule has 1 aliphatic rings. The summed E-state index contributed by atoms with van der Waals surface area (Å²) in [7, 11) is 0. The second-order valence-electron chi connectivity index (χ2n) is 6.08. The van der Waals surface area contributed by atoms with Gasteiger partial charge < -0.3 is 15.0 Å². The summed E-state index contributed by atoms with van der Waals surface area (Å²) in [4.78, 5) is 26.1. The molecule has 1 atom stereocenters. The summed E-state index contributed by atoms with van der Waals surface area (Å²) in [6.45, 7) is 3.00. The summed E-state index contributed by atoms with van der Waals surface area (Å²) in [6, 6.07) is 16.8. The molecule has 134 valence electrons. The number of benzene rings is 2. The fraction of sp³-hybridized carbons (Fsp3) is 0.238. The van der Waals surface area contributed by atoms with Crippen molar-refractivity contribution < 1.29 is 14.3 Å². The van der Waals surface area contributed by atoms with E-state index in [2.05, 4.69) is 5.32 Å². The molecule has 1 N–H and O–H groups in total. The number of carbonyl (C=O) groups excluding carboxylic acids is 2. The predicted molar refractivity (Wildman–Crippen MR) is 102 cm³/mol. The van der Waals surface area contributed by atoms with Gasteiger partial charge in [-0.1, -0.05) is 30.3 Å². The van der Waals surface area contributed by atoms with E-state index in [-0.39, 0.29) is 17.9 Å². The monoisotopic (exact) mass is 350 g/mol. The first-order chi connectivity index (χ1) is 12.7. The summed E-state index contributed by atoms with van der Waals surface area (Å²) < 4.78 is 5.42. The number of nitrogens with one attached hydrogen (secondary N) is 1. The van der Waals surface area contributed by atoms with Crippen molar-refractivity contribution in [2.45, 2.75) is 19.4 Å². The van der Waals surface area contributed by atoms with Crippen molar-refractivity contribution in [1.82, 2.24) is 5.32 Å². The van der Waals surface area contributed by atoms with Crippen molar-refractivity contribution in [2.24, 2.45) is 0 Å². The van der Waals surface area contributed by atoms with E-state index in [0.717, 1.165) is 17.0 Å². The third-order valence-corrected chi connectivity index (χ3v) is 4.16. The Balaban J connectivity index is 1.57. The Hall–Kier alpha value is -3.08. The normalized spacial score (nSPS) is 16.9. The fourth-order valence-electron chi connectivity index (χ4n) is 2.93. The van der Waals surface area contributed by atoms with Crippen LogP contribution in [0.1, 0.15) is 18.9 Å². The molecule has 0 spiro atoms. The largest absolute Gasteiger partial charge is 0.494 e. The van der Waals surface area contributed by atoms with E-state index in [0.29, 0.717) is 19.6 Å². The highest BCUT2D eigenvalue weighted by molar-refractivity contribution is 5.98. The molecule has 26 heavy (non-hydrogen) atoms. The zero-order valence-electron chi connectivity index (χ0n) is 14.7. The maximum atomic E-state index is 12.3. The summed E-state index contributed by atoms with van der Waals surface area (Å²) >= 11 is 0. The van der Waals surface area contributed by atoms with E-state index in [4.69, 9.17) is 4.74 Å². The molecule has 5 nitrogen and oxygen atoms in total. The lowest BCUT2D eigenvalue weighted by Crippen LogP contribution is -2.36. The summed E-state index contributed by atoms with van der Waals surface area (Å²) in [5, 5.41) is 2.90. The Morgan fingerprint density at radius 1 is 1.19 bits per heavy atom. The molecule has 2 aromatic carbocycles. The van der Waals surface area contributed by atoms with Crippen molar-refractivity contribution in [2.75, 3.05) is 18.1 Å². The molecule has 1 saturated heterocycles. The number of rotatable bonds is 6. The SMILES string of the molecule is CCOc1ccc(N2CC(NC(=O)/C=C\c3ccccc3)CC2=O)cc1. The third-order valence-electron chi connectivity index (χ3n) is 4.16. The molecule has 0 aromatic heterocycles. The number of nitrogens with zero attached hydrogens (tertiary/aromatic N) is 1. The van der Waals surface area contributed by atoms with E-state index in [1.54, 1.807) is 11.0 Å². The lowest BCUT2D eigenvalue weighted by Gasteiger charge is -2.17. The van der Waals surface area contributed by atoms with Crippen molar-refractivity contribution >= 4 is 23.6 Å². The number of anilines is 1. The predicted octanol–water partition coefficient (Wildman–Crippen LogP) is 3.02. The standard InChI is InChI=1S/C21H22N2O3/c1-2-26-19-11-9-18(10-12-19)23-15-17(14-21(23)25)22-20(24)13-8-16-6-4-3-5-7-16/h3-13,17H,2,14-15H2,1H3,(H,22,24)/b13-8-. The van der Waals surface area contributed by atoms with Gasteiger partial charge in [-0.2, -0.15) is 0 Å². The highest BCUT2D eigenvalue weighted by Gasteiger charge is 2.31. The van der Waals surface area contributed by atoms with Crippen LogP contribution in [-0.2, 0) is 9.59 Å². The van der Waals surface area contributed by atoms with Gasteiger partial charge >= 0.3 is 0 Å². The van der Waals surface area contributed by atoms with E-state index in [1.807, 2.05) is 61.5 Å². The molecule has 2 amide bonds. The molecule has 0 bridgehead atoms. The van der Waals surface area contributed by atoms with Crippen LogP contribution in [0.15, 0.2) is 60.7 Å². The smallest absolute Gasteiger partial charge is 0.244 e. The van der Waals surface area contributed by atoms with Crippen LogP contribution in [0, 0.1) is 0 Å². The molecule has 1 aliphatic heterocycles. The Morgan fingerprint density at radius 3 is 2.62 bits per heavy atom. The van der Waals surface area contributed by atoms with E-state index in [9.17, 15) is 9.59 Å². The molecular weight excluding hydrogens is 328 g/mol. The highest BCUT2D eigenvalue weighted by Crippen LogP contribution is 2.24. The topological polar surface area (TPSA) is 58.6 Å². The minimum Gasteiger partial charge on any atom is -0.494 e. The van der Waals surface area contributed by atoms with Crippen molar-refractivity contribution in [3.8, 4) is 5.75 Å². The van der Waals surface area contributed by atoms with Gasteiger partial charge in [-0.3, -0.25) is 9.59 Å². The molecule has 5 heteroatoms. The van der Waals surface area contributed by atoms with Gasteiger partial charge in [-0.05, 0) is 42.8 Å². The van der Waals surface area contributed by atoms with Gasteiger partial charge in [0.15, 0.2) is 0 Å². The number of amides is 2. The number of carbonyl (C=O) groups is 2. The molecule has 3 rings (SSSR count). The van der Waals surface area contributed by atoms with E-state index in [1.165, 1.54) is 6.08 Å². The second-order valence-corrected chi connectivity index (χ2v) is 6.08. The maximum absolute atomic E-state index is 12.3. The summed E-state index contributed by atoms with van der Waals surface area (Å²) in [5.74, 6) is 0.588. The van der Waals surface area contributed by atoms with Gasteiger partial charge in [-0.15, -0.1) is 0 Å². The van der Waals surface area contributed by atoms with Crippen molar-refractivity contribution in [1.29, 1.82) is 0 Å². The quantitative estimate of drug-likeness (QED) is 0.815. The lowest BCUT2D eigenvalue weighted by atomic mass is 10.2. The van der Waals surface area contributed by atoms with Gasteiger partial charge in [0.25, 0.3) is 0 Å². The molecule has 0 radical (unpaired) electrons. The second kappa shape index (κ2) is 8.34. The first kappa shape index (κ1) is 17.7. The Labute approximate surface area is 153 Å². The number of ether oxygens (including phenoxy) is 1. The molecule has 2 aromatic rings. The van der Waals surface area contributed by atoms with Crippen molar-refractivity contribution in [3.05, 3.63) is 66.2 Å². The first-order valence-corrected chi connectivity index (χ1v) is 8.72. The average molecular weight is 350 g/mol. The van der Waals surface area contributed by atoms with E-state index >= 15 is 0 Å². The maximum Gasteiger partial charge on any atom is 0.244 e. The van der Waals surface area contributed by atoms with Gasteiger partial charge in [-0.25, -0.2) is 0 Å².